The van der Waals surface area contributed by atoms with Crippen LogP contribution in [0.15, 0.2) is 12.7 Å². The first-order chi connectivity index (χ1) is 7.34. The molecule has 92 valence electrons. The van der Waals surface area contributed by atoms with E-state index in [1.807, 2.05) is 0 Å². The van der Waals surface area contributed by atoms with Gasteiger partial charge in [-0.15, -0.1) is 18.2 Å². The van der Waals surface area contributed by atoms with Gasteiger partial charge in [-0.05, 0) is 13.3 Å². The predicted octanol–water partition coefficient (Wildman–Crippen LogP) is 0.817. The number of sulfone groups is 1. The van der Waals surface area contributed by atoms with Crippen LogP contribution >= 0.6 is 11.6 Å². The van der Waals surface area contributed by atoms with Crippen molar-refractivity contribution in [2.24, 2.45) is 0 Å². The summed E-state index contributed by atoms with van der Waals surface area (Å²) in [5.41, 5.74) is -0.640. The second-order valence-corrected chi connectivity index (χ2v) is 6.72. The first kappa shape index (κ1) is 13.5. The van der Waals surface area contributed by atoms with Crippen LogP contribution in [-0.4, -0.2) is 48.7 Å². The van der Waals surface area contributed by atoms with Crippen LogP contribution in [0.4, 0.5) is 0 Å². The van der Waals surface area contributed by atoms with Gasteiger partial charge in [0.15, 0.2) is 9.84 Å². The van der Waals surface area contributed by atoms with Gasteiger partial charge in [-0.25, -0.2) is 8.42 Å². The summed E-state index contributed by atoms with van der Waals surface area (Å²) in [7, 11) is -3.03. The molecule has 0 N–H and O–H groups in total. The highest BCUT2D eigenvalue weighted by atomic mass is 35.5. The van der Waals surface area contributed by atoms with E-state index in [0.29, 0.717) is 13.0 Å². The molecule has 0 aromatic heterocycles. The third-order valence-electron chi connectivity index (χ3n) is 2.86. The van der Waals surface area contributed by atoms with Crippen molar-refractivity contribution in [1.82, 2.24) is 4.90 Å². The van der Waals surface area contributed by atoms with E-state index in [1.54, 1.807) is 13.0 Å². The Balaban J connectivity index is 2.94. The largest absolute Gasteiger partial charge is 0.332 e. The minimum absolute atomic E-state index is 0.0104. The van der Waals surface area contributed by atoms with Crippen LogP contribution in [0.3, 0.4) is 0 Å². The second kappa shape index (κ2) is 4.75. The number of halogens is 1. The van der Waals surface area contributed by atoms with Gasteiger partial charge in [0.05, 0.1) is 17.0 Å². The fourth-order valence-corrected chi connectivity index (χ4v) is 4.32. The van der Waals surface area contributed by atoms with Crippen molar-refractivity contribution in [2.75, 3.05) is 23.9 Å². The highest BCUT2D eigenvalue weighted by Gasteiger charge is 2.44. The van der Waals surface area contributed by atoms with Gasteiger partial charge in [-0.3, -0.25) is 4.79 Å². The molecule has 0 aliphatic carbocycles. The second-order valence-electron chi connectivity index (χ2n) is 4.27. The Morgan fingerprint density at radius 3 is 2.62 bits per heavy atom. The Bertz CT molecular complexity index is 393. The van der Waals surface area contributed by atoms with Gasteiger partial charge in [0, 0.05) is 6.54 Å². The molecule has 1 atom stereocenters. The average Bonchev–Trinajstić information content (AvgIpc) is 2.49. The van der Waals surface area contributed by atoms with Crippen molar-refractivity contribution in [2.45, 2.75) is 18.9 Å². The highest BCUT2D eigenvalue weighted by molar-refractivity contribution is 7.91. The van der Waals surface area contributed by atoms with Gasteiger partial charge < -0.3 is 4.90 Å². The van der Waals surface area contributed by atoms with Crippen molar-refractivity contribution >= 4 is 27.3 Å². The molecule has 0 unspecified atom stereocenters. The Morgan fingerprint density at radius 2 is 2.25 bits per heavy atom. The summed E-state index contributed by atoms with van der Waals surface area (Å²) >= 11 is 5.52. The normalized spacial score (nSPS) is 27.6. The summed E-state index contributed by atoms with van der Waals surface area (Å²) < 4.78 is 22.9. The first-order valence-electron chi connectivity index (χ1n) is 5.02. The molecule has 0 saturated carbocycles. The molecule has 1 saturated heterocycles. The number of carbonyl (C=O) groups is 1. The van der Waals surface area contributed by atoms with Gasteiger partial charge in [-0.1, -0.05) is 6.08 Å². The molecule has 1 rings (SSSR count). The highest BCUT2D eigenvalue weighted by Crippen LogP contribution is 2.29. The van der Waals surface area contributed by atoms with Gasteiger partial charge >= 0.3 is 0 Å². The maximum absolute atomic E-state index is 11.7. The SMILES string of the molecule is C=CCN(C(=O)CCl)[C@@]1(C)CCS(=O)(=O)C1. The van der Waals surface area contributed by atoms with Crippen LogP contribution in [0.2, 0.25) is 0 Å². The van der Waals surface area contributed by atoms with E-state index in [2.05, 4.69) is 6.58 Å². The Hall–Kier alpha value is -0.550. The van der Waals surface area contributed by atoms with Crippen molar-refractivity contribution in [3.63, 3.8) is 0 Å². The zero-order valence-electron chi connectivity index (χ0n) is 9.28. The molecule has 1 aliphatic heterocycles. The molecule has 0 radical (unpaired) electrons. The van der Waals surface area contributed by atoms with E-state index >= 15 is 0 Å². The van der Waals surface area contributed by atoms with Gasteiger partial charge in [-0.2, -0.15) is 0 Å². The lowest BCUT2D eigenvalue weighted by Crippen LogP contribution is -2.51. The van der Waals surface area contributed by atoms with Crippen LogP contribution in [0.25, 0.3) is 0 Å². The van der Waals surface area contributed by atoms with E-state index in [1.165, 1.54) is 4.90 Å². The smallest absolute Gasteiger partial charge is 0.238 e. The lowest BCUT2D eigenvalue weighted by molar-refractivity contribution is -0.132. The van der Waals surface area contributed by atoms with Crippen LogP contribution in [0.5, 0.6) is 0 Å². The van der Waals surface area contributed by atoms with E-state index < -0.39 is 15.4 Å². The maximum Gasteiger partial charge on any atom is 0.238 e. The summed E-state index contributed by atoms with van der Waals surface area (Å²) in [6, 6.07) is 0. The van der Waals surface area contributed by atoms with Crippen LogP contribution in [-0.2, 0) is 14.6 Å². The van der Waals surface area contributed by atoms with E-state index in [9.17, 15) is 13.2 Å². The van der Waals surface area contributed by atoms with E-state index in [-0.39, 0.29) is 23.3 Å². The number of hydrogen-bond donors (Lipinski definition) is 0. The lowest BCUT2D eigenvalue weighted by Gasteiger charge is -2.36. The quantitative estimate of drug-likeness (QED) is 0.559. The topological polar surface area (TPSA) is 54.5 Å². The molecule has 1 heterocycles. The summed E-state index contributed by atoms with van der Waals surface area (Å²) in [6.07, 6.45) is 2.05. The number of nitrogens with zero attached hydrogens (tertiary/aromatic N) is 1. The molecular formula is C10H16ClNO3S. The molecule has 0 aromatic rings. The monoisotopic (exact) mass is 265 g/mol. The van der Waals surface area contributed by atoms with Crippen LogP contribution in [0, 0.1) is 0 Å². The third-order valence-corrected chi connectivity index (χ3v) is 4.98. The molecular weight excluding hydrogens is 250 g/mol. The predicted molar refractivity (Wildman–Crippen MR) is 64.3 cm³/mol. The molecule has 1 fully saturated rings. The standard InChI is InChI=1S/C10H16ClNO3S/c1-3-5-12(9(13)7-11)10(2)4-6-16(14,15)8-10/h3H,1,4-8H2,2H3/t10-/m0/s1. The zero-order valence-corrected chi connectivity index (χ0v) is 10.9. The van der Waals surface area contributed by atoms with Crippen LogP contribution in [0.1, 0.15) is 13.3 Å². The number of alkyl halides is 1. The molecule has 0 spiro atoms. The molecule has 0 aromatic carbocycles. The van der Waals surface area contributed by atoms with Gasteiger partial charge in [0.1, 0.15) is 5.88 Å². The summed E-state index contributed by atoms with van der Waals surface area (Å²) in [4.78, 5) is 13.2. The molecule has 4 nitrogen and oxygen atoms in total. The van der Waals surface area contributed by atoms with Crippen molar-refractivity contribution < 1.29 is 13.2 Å². The van der Waals surface area contributed by atoms with Crippen LogP contribution < -0.4 is 0 Å². The zero-order chi connectivity index (χ0) is 12.4. The summed E-state index contributed by atoms with van der Waals surface area (Å²) in [5, 5.41) is 0. The molecule has 16 heavy (non-hydrogen) atoms. The minimum atomic E-state index is -3.03. The lowest BCUT2D eigenvalue weighted by atomic mass is 9.99. The third kappa shape index (κ3) is 2.77. The first-order valence-corrected chi connectivity index (χ1v) is 7.38. The fourth-order valence-electron chi connectivity index (χ4n) is 2.03. The van der Waals surface area contributed by atoms with Crippen molar-refractivity contribution in [3.8, 4) is 0 Å². The molecule has 6 heteroatoms. The van der Waals surface area contributed by atoms with Gasteiger partial charge in [0.25, 0.3) is 0 Å². The number of hydrogen-bond acceptors (Lipinski definition) is 3. The number of amides is 1. The number of rotatable bonds is 4. The Labute approximate surface area is 101 Å². The van der Waals surface area contributed by atoms with Crippen molar-refractivity contribution in [1.29, 1.82) is 0 Å². The Morgan fingerprint density at radius 1 is 1.62 bits per heavy atom. The van der Waals surface area contributed by atoms with E-state index in [4.69, 9.17) is 11.6 Å². The summed E-state index contributed by atoms with van der Waals surface area (Å²) in [6.45, 7) is 5.68. The summed E-state index contributed by atoms with van der Waals surface area (Å²) in [5.74, 6) is -0.242. The molecule has 1 amide bonds. The van der Waals surface area contributed by atoms with E-state index in [0.717, 1.165) is 0 Å². The van der Waals surface area contributed by atoms with Crippen molar-refractivity contribution in [3.05, 3.63) is 12.7 Å². The fraction of sp³-hybridized carbons (Fsp3) is 0.700. The average molecular weight is 266 g/mol. The Kier molecular flexibility index (Phi) is 4.02. The minimum Gasteiger partial charge on any atom is -0.332 e. The maximum atomic E-state index is 11.7. The molecule has 1 aliphatic rings. The van der Waals surface area contributed by atoms with Gasteiger partial charge in [0.2, 0.25) is 5.91 Å². The molecule has 0 bridgehead atoms. The number of carbonyl (C=O) groups excluding carboxylic acids is 1.